The Morgan fingerprint density at radius 1 is 1.35 bits per heavy atom. The molecule has 0 spiro atoms. The topological polar surface area (TPSA) is 88.4 Å². The van der Waals surface area contributed by atoms with Crippen molar-refractivity contribution in [2.75, 3.05) is 20.2 Å². The van der Waals surface area contributed by atoms with Crippen LogP contribution in [-0.2, 0) is 9.53 Å². The molecule has 1 aromatic heterocycles. The zero-order valence-electron chi connectivity index (χ0n) is 17.6. The van der Waals surface area contributed by atoms with Crippen molar-refractivity contribution < 1.29 is 18.7 Å². The van der Waals surface area contributed by atoms with E-state index in [2.05, 4.69) is 16.5 Å². The Kier molecular flexibility index (Phi) is 7.12. The van der Waals surface area contributed by atoms with Crippen LogP contribution in [0.15, 0.2) is 48.7 Å². The number of likely N-dealkylation sites (tertiary alicyclic amines) is 1. The number of nitrogens with one attached hydrogen (secondary N) is 1. The van der Waals surface area contributed by atoms with Gasteiger partial charge in [0.05, 0.1) is 19.0 Å². The molecule has 1 aromatic carbocycles. The Bertz CT molecular complexity index is 1020. The number of hydrogen-bond donors (Lipinski definition) is 1. The molecular formula is C23H25FN4O3. The van der Waals surface area contributed by atoms with Crippen molar-refractivity contribution in [3.8, 4) is 11.6 Å². The van der Waals surface area contributed by atoms with E-state index in [9.17, 15) is 9.18 Å². The molecule has 8 heteroatoms. The molecule has 0 saturated carbocycles. The molecule has 0 aliphatic carbocycles. The largest absolute Gasteiger partial charge is 0.495 e. The van der Waals surface area contributed by atoms with E-state index in [1.165, 1.54) is 19.2 Å². The normalized spacial score (nSPS) is 16.5. The minimum absolute atomic E-state index is 0.0140. The van der Waals surface area contributed by atoms with Crippen LogP contribution in [0.5, 0.6) is 11.6 Å². The second-order valence-electron chi connectivity index (χ2n) is 7.23. The quantitative estimate of drug-likeness (QED) is 0.406. The van der Waals surface area contributed by atoms with Crippen LogP contribution in [0.4, 0.5) is 4.39 Å². The maximum atomic E-state index is 13.6. The van der Waals surface area contributed by atoms with Gasteiger partial charge in [0.2, 0.25) is 11.8 Å². The minimum atomic E-state index is -0.417. The number of nitrogens with zero attached hydrogens (tertiary/aromatic N) is 3. The summed E-state index contributed by atoms with van der Waals surface area (Å²) in [5.74, 6) is 0.932. The van der Waals surface area contributed by atoms with E-state index < -0.39 is 5.82 Å². The number of piperidine rings is 1. The molecule has 3 rings (SSSR count). The molecule has 1 aliphatic heterocycles. The average molecular weight is 424 g/mol. The second-order valence-corrected chi connectivity index (χ2v) is 7.23. The van der Waals surface area contributed by atoms with Gasteiger partial charge >= 0.3 is 0 Å². The number of ether oxygens (including phenoxy) is 2. The van der Waals surface area contributed by atoms with Crippen LogP contribution in [-0.4, -0.2) is 47.2 Å². The zero-order chi connectivity index (χ0) is 22.4. The summed E-state index contributed by atoms with van der Waals surface area (Å²) in [5.41, 5.74) is 1.00. The van der Waals surface area contributed by atoms with Crippen molar-refractivity contribution in [2.45, 2.75) is 25.7 Å². The molecule has 0 radical (unpaired) electrons. The molecular weight excluding hydrogens is 399 g/mol. The van der Waals surface area contributed by atoms with E-state index in [0.29, 0.717) is 41.7 Å². The van der Waals surface area contributed by atoms with Gasteiger partial charge in [-0.2, -0.15) is 4.98 Å². The number of methoxy groups -OCH3 is 1. The fraction of sp³-hybridized carbons (Fsp3) is 0.304. The predicted molar refractivity (Wildman–Crippen MR) is 116 cm³/mol. The number of rotatable bonds is 7. The lowest BCUT2D eigenvalue weighted by atomic mass is 9.97. The molecule has 2 heterocycles. The molecule has 7 nitrogen and oxygen atoms in total. The smallest absolute Gasteiger partial charge is 0.223 e. The minimum Gasteiger partial charge on any atom is -0.495 e. The number of carbonyl (C=O) groups excluding carboxylic acids is 1. The first kappa shape index (κ1) is 22.1. The molecule has 1 N–H and O–H groups in total. The van der Waals surface area contributed by atoms with Gasteiger partial charge in [-0.15, -0.1) is 0 Å². The van der Waals surface area contributed by atoms with Crippen molar-refractivity contribution in [3.05, 3.63) is 66.1 Å². The van der Waals surface area contributed by atoms with Gasteiger partial charge in [-0.05, 0) is 36.6 Å². The second kappa shape index (κ2) is 9.97. The fourth-order valence-corrected chi connectivity index (χ4v) is 3.37. The van der Waals surface area contributed by atoms with Crippen LogP contribution in [0.1, 0.15) is 37.2 Å². The van der Waals surface area contributed by atoms with Gasteiger partial charge in [0.15, 0.2) is 0 Å². The molecule has 2 aromatic rings. The van der Waals surface area contributed by atoms with Gasteiger partial charge in [-0.3, -0.25) is 4.79 Å². The molecule has 1 unspecified atom stereocenters. The van der Waals surface area contributed by atoms with Gasteiger partial charge in [0, 0.05) is 38.1 Å². The first-order valence-electron chi connectivity index (χ1n) is 9.93. The SMILES string of the molecule is C=C(/C=C(\C=N)OC)c1cc(Oc2cccc(F)c2)nc(C2CCCN(C(C)=O)C2)n1. The maximum absolute atomic E-state index is 13.6. The lowest BCUT2D eigenvalue weighted by molar-refractivity contribution is -0.130. The third kappa shape index (κ3) is 5.75. The summed E-state index contributed by atoms with van der Waals surface area (Å²) in [7, 11) is 1.46. The summed E-state index contributed by atoms with van der Waals surface area (Å²) in [6.07, 6.45) is 4.34. The van der Waals surface area contributed by atoms with Crippen LogP contribution in [0, 0.1) is 11.2 Å². The molecule has 1 saturated heterocycles. The fourth-order valence-electron chi connectivity index (χ4n) is 3.37. The van der Waals surface area contributed by atoms with E-state index in [0.717, 1.165) is 19.1 Å². The standard InChI is InChI=1S/C23H25FN4O3/c1-15(10-20(13-25)30-3)21-12-22(31-19-8-4-7-18(24)11-19)27-23(26-21)17-6-5-9-28(14-17)16(2)29/h4,7-8,10-13,17,25H,1,5-6,9,14H2,2-3H3/b20-10+,25-13?. The average Bonchev–Trinajstić information content (AvgIpc) is 2.77. The number of aromatic nitrogens is 2. The van der Waals surface area contributed by atoms with E-state index in [1.807, 2.05) is 0 Å². The third-order valence-electron chi connectivity index (χ3n) is 4.99. The van der Waals surface area contributed by atoms with Crippen molar-refractivity contribution in [1.29, 1.82) is 5.41 Å². The van der Waals surface area contributed by atoms with Crippen molar-refractivity contribution in [1.82, 2.24) is 14.9 Å². The number of halogens is 1. The highest BCUT2D eigenvalue weighted by Gasteiger charge is 2.26. The molecule has 1 fully saturated rings. The Labute approximate surface area is 180 Å². The predicted octanol–water partition coefficient (Wildman–Crippen LogP) is 4.33. The number of hydrogen-bond acceptors (Lipinski definition) is 6. The summed E-state index contributed by atoms with van der Waals surface area (Å²) in [5, 5.41) is 7.40. The summed E-state index contributed by atoms with van der Waals surface area (Å²) in [6, 6.07) is 7.40. The third-order valence-corrected chi connectivity index (χ3v) is 4.99. The Hall–Kier alpha value is -3.55. The Morgan fingerprint density at radius 2 is 2.16 bits per heavy atom. The number of benzene rings is 1. The van der Waals surface area contributed by atoms with Gasteiger partial charge in [-0.1, -0.05) is 12.6 Å². The summed E-state index contributed by atoms with van der Waals surface area (Å²) in [4.78, 5) is 22.8. The van der Waals surface area contributed by atoms with Crippen LogP contribution in [0.2, 0.25) is 0 Å². The molecule has 1 aliphatic rings. The summed E-state index contributed by atoms with van der Waals surface area (Å²) >= 11 is 0. The molecule has 162 valence electrons. The van der Waals surface area contributed by atoms with Gasteiger partial charge in [0.1, 0.15) is 23.2 Å². The van der Waals surface area contributed by atoms with Crippen LogP contribution in [0.3, 0.4) is 0 Å². The highest BCUT2D eigenvalue weighted by atomic mass is 19.1. The van der Waals surface area contributed by atoms with Gasteiger partial charge < -0.3 is 19.8 Å². The van der Waals surface area contributed by atoms with E-state index >= 15 is 0 Å². The Morgan fingerprint density at radius 3 is 2.84 bits per heavy atom. The van der Waals surface area contributed by atoms with E-state index in [-0.39, 0.29) is 17.7 Å². The van der Waals surface area contributed by atoms with Gasteiger partial charge in [-0.25, -0.2) is 9.37 Å². The molecule has 1 atom stereocenters. The molecule has 0 bridgehead atoms. The monoisotopic (exact) mass is 424 g/mol. The van der Waals surface area contributed by atoms with Gasteiger partial charge in [0.25, 0.3) is 0 Å². The lowest BCUT2D eigenvalue weighted by Crippen LogP contribution is -2.38. The molecule has 1 amide bonds. The summed E-state index contributed by atoms with van der Waals surface area (Å²) in [6.45, 7) is 6.80. The van der Waals surface area contributed by atoms with E-state index in [4.69, 9.17) is 14.9 Å². The van der Waals surface area contributed by atoms with Crippen LogP contribution in [0.25, 0.3) is 5.57 Å². The number of amides is 1. The molecule has 31 heavy (non-hydrogen) atoms. The summed E-state index contributed by atoms with van der Waals surface area (Å²) < 4.78 is 24.5. The number of allylic oxidation sites excluding steroid dienone is 3. The van der Waals surface area contributed by atoms with Crippen molar-refractivity contribution in [2.24, 2.45) is 0 Å². The first-order valence-corrected chi connectivity index (χ1v) is 9.93. The van der Waals surface area contributed by atoms with E-state index in [1.54, 1.807) is 36.1 Å². The van der Waals surface area contributed by atoms with Crippen LogP contribution < -0.4 is 4.74 Å². The lowest BCUT2D eigenvalue weighted by Gasteiger charge is -2.31. The van der Waals surface area contributed by atoms with Crippen LogP contribution >= 0.6 is 0 Å². The van der Waals surface area contributed by atoms with Crippen molar-refractivity contribution >= 4 is 17.7 Å². The first-order chi connectivity index (χ1) is 14.9. The maximum Gasteiger partial charge on any atom is 0.223 e. The number of carbonyl (C=O) groups is 1. The highest BCUT2D eigenvalue weighted by Crippen LogP contribution is 2.29. The highest BCUT2D eigenvalue weighted by molar-refractivity contribution is 5.81. The van der Waals surface area contributed by atoms with Crippen molar-refractivity contribution in [3.63, 3.8) is 0 Å². The zero-order valence-corrected chi connectivity index (χ0v) is 17.6. The Balaban J connectivity index is 1.98.